The SMILES string of the molecule is CC.CC(C)(C)[Si](C)(C)OCC=C1C(O[Si](C)(C)C(C)(C)C)CC(OCc2ccccc2)C[C@H]1O[Si](C)(C)C(C)(C)C. The second kappa shape index (κ2) is 15.2. The Kier molecular flexibility index (Phi) is 14.2. The molecule has 7 heteroatoms. The summed E-state index contributed by atoms with van der Waals surface area (Å²) < 4.78 is 27.7. The van der Waals surface area contributed by atoms with Crippen LogP contribution in [0.1, 0.15) is 94.6 Å². The van der Waals surface area contributed by atoms with Crippen molar-refractivity contribution in [1.29, 1.82) is 0 Å². The van der Waals surface area contributed by atoms with Gasteiger partial charge < -0.3 is 18.0 Å². The molecule has 0 N–H and O–H groups in total. The molecule has 4 nitrogen and oxygen atoms in total. The molecule has 2 unspecified atom stereocenters. The Labute approximate surface area is 264 Å². The Morgan fingerprint density at radius 2 is 1.07 bits per heavy atom. The molecule has 1 aliphatic carbocycles. The highest BCUT2D eigenvalue weighted by molar-refractivity contribution is 6.75. The lowest BCUT2D eigenvalue weighted by atomic mass is 9.87. The van der Waals surface area contributed by atoms with E-state index in [4.69, 9.17) is 18.0 Å². The summed E-state index contributed by atoms with van der Waals surface area (Å²) in [5.41, 5.74) is 2.48. The molecule has 1 aliphatic rings. The van der Waals surface area contributed by atoms with Gasteiger partial charge in [-0.1, -0.05) is 113 Å². The van der Waals surface area contributed by atoms with Crippen molar-refractivity contribution in [2.45, 2.75) is 168 Å². The van der Waals surface area contributed by atoms with E-state index in [0.717, 1.165) is 12.8 Å². The van der Waals surface area contributed by atoms with E-state index in [1.54, 1.807) is 0 Å². The van der Waals surface area contributed by atoms with Crippen molar-refractivity contribution in [1.82, 2.24) is 0 Å². The van der Waals surface area contributed by atoms with Crippen LogP contribution in [0.15, 0.2) is 42.0 Å². The molecule has 3 atom stereocenters. The van der Waals surface area contributed by atoms with E-state index in [-0.39, 0.29) is 33.4 Å². The number of ether oxygens (including phenoxy) is 1. The quantitative estimate of drug-likeness (QED) is 0.189. The molecule has 42 heavy (non-hydrogen) atoms. The zero-order valence-corrected chi connectivity index (χ0v) is 33.7. The normalized spacial score (nSPS) is 22.1. The highest BCUT2D eigenvalue weighted by atomic mass is 28.4. The highest BCUT2D eigenvalue weighted by Crippen LogP contribution is 2.44. The predicted octanol–water partition coefficient (Wildman–Crippen LogP) is 11.1. The zero-order valence-electron chi connectivity index (χ0n) is 30.7. The number of hydrogen-bond acceptors (Lipinski definition) is 4. The molecule has 0 aromatic heterocycles. The monoisotopic (exact) mass is 636 g/mol. The fourth-order valence-corrected chi connectivity index (χ4v) is 7.63. The molecule has 0 saturated heterocycles. The van der Waals surface area contributed by atoms with E-state index in [1.165, 1.54) is 11.1 Å². The predicted molar refractivity (Wildman–Crippen MR) is 191 cm³/mol. The van der Waals surface area contributed by atoms with Gasteiger partial charge in [-0.05, 0) is 65.5 Å². The van der Waals surface area contributed by atoms with Gasteiger partial charge in [0.05, 0.1) is 31.5 Å². The van der Waals surface area contributed by atoms with Crippen LogP contribution in [-0.4, -0.2) is 49.9 Å². The lowest BCUT2D eigenvalue weighted by molar-refractivity contribution is -0.0327. The summed E-state index contributed by atoms with van der Waals surface area (Å²) in [6, 6.07) is 10.5. The molecule has 0 aliphatic heterocycles. The average Bonchev–Trinajstić information content (AvgIpc) is 2.83. The van der Waals surface area contributed by atoms with Gasteiger partial charge in [0.2, 0.25) is 0 Å². The van der Waals surface area contributed by atoms with E-state index >= 15 is 0 Å². The Bertz CT molecular complexity index is 927. The van der Waals surface area contributed by atoms with Crippen molar-refractivity contribution in [2.24, 2.45) is 0 Å². The molecular formula is C35H68O4Si3. The Balaban J connectivity index is 0.00000431. The van der Waals surface area contributed by atoms with Gasteiger partial charge in [0.1, 0.15) is 0 Å². The first kappa shape index (κ1) is 39.5. The summed E-state index contributed by atoms with van der Waals surface area (Å²) in [7, 11) is -5.99. The van der Waals surface area contributed by atoms with Crippen LogP contribution in [0.2, 0.25) is 54.4 Å². The topological polar surface area (TPSA) is 36.9 Å². The number of benzene rings is 1. The van der Waals surface area contributed by atoms with Crippen LogP contribution in [0.4, 0.5) is 0 Å². The molecular weight excluding hydrogens is 569 g/mol. The minimum atomic E-state index is -2.05. The van der Waals surface area contributed by atoms with Crippen LogP contribution in [0.3, 0.4) is 0 Å². The van der Waals surface area contributed by atoms with Gasteiger partial charge in [0.15, 0.2) is 25.0 Å². The Morgan fingerprint density at radius 1 is 0.667 bits per heavy atom. The van der Waals surface area contributed by atoms with Crippen molar-refractivity contribution in [3.8, 4) is 0 Å². The lowest BCUT2D eigenvalue weighted by Gasteiger charge is -2.47. The summed E-state index contributed by atoms with van der Waals surface area (Å²) in [5.74, 6) is 0. The average molecular weight is 637 g/mol. The molecule has 1 aromatic carbocycles. The molecule has 0 radical (unpaired) electrons. The van der Waals surface area contributed by atoms with Gasteiger partial charge in [-0.3, -0.25) is 0 Å². The fraction of sp³-hybridized carbons (Fsp3) is 0.771. The lowest BCUT2D eigenvalue weighted by Crippen LogP contribution is -2.52. The Hall–Kier alpha value is -0.549. The van der Waals surface area contributed by atoms with Crippen molar-refractivity contribution in [3.05, 3.63) is 47.5 Å². The maximum Gasteiger partial charge on any atom is 0.192 e. The second-order valence-corrected chi connectivity index (χ2v) is 30.7. The molecule has 2 rings (SSSR count). The summed E-state index contributed by atoms with van der Waals surface area (Å²) in [6.07, 6.45) is 4.03. The fourth-order valence-electron chi connectivity index (χ4n) is 4.10. The van der Waals surface area contributed by atoms with Crippen molar-refractivity contribution in [3.63, 3.8) is 0 Å². The first-order valence-electron chi connectivity index (χ1n) is 16.3. The first-order chi connectivity index (χ1) is 19.0. The van der Waals surface area contributed by atoms with Crippen LogP contribution >= 0.6 is 0 Å². The summed E-state index contributed by atoms with van der Waals surface area (Å²) in [5, 5.41) is 0.398. The minimum absolute atomic E-state index is 0.0341. The van der Waals surface area contributed by atoms with Crippen LogP contribution in [0, 0.1) is 0 Å². The van der Waals surface area contributed by atoms with Crippen LogP contribution in [-0.2, 0) is 24.6 Å². The molecule has 0 spiro atoms. The van der Waals surface area contributed by atoms with Gasteiger partial charge in [0.25, 0.3) is 0 Å². The molecule has 0 heterocycles. The summed E-state index contributed by atoms with van der Waals surface area (Å²) >= 11 is 0. The highest BCUT2D eigenvalue weighted by Gasteiger charge is 2.47. The van der Waals surface area contributed by atoms with E-state index in [9.17, 15) is 0 Å². The van der Waals surface area contributed by atoms with Crippen molar-refractivity contribution in [2.75, 3.05) is 6.61 Å². The molecule has 1 fully saturated rings. The maximum atomic E-state index is 7.20. The largest absolute Gasteiger partial charge is 0.413 e. The van der Waals surface area contributed by atoms with E-state index in [1.807, 2.05) is 13.8 Å². The smallest absolute Gasteiger partial charge is 0.192 e. The van der Waals surface area contributed by atoms with Crippen molar-refractivity contribution >= 4 is 25.0 Å². The van der Waals surface area contributed by atoms with Gasteiger partial charge >= 0.3 is 0 Å². The van der Waals surface area contributed by atoms with Crippen molar-refractivity contribution < 1.29 is 18.0 Å². The van der Waals surface area contributed by atoms with E-state index < -0.39 is 25.0 Å². The Morgan fingerprint density at radius 3 is 1.45 bits per heavy atom. The summed E-state index contributed by atoms with van der Waals surface area (Å²) in [6.45, 7) is 40.1. The molecule has 1 saturated carbocycles. The standard InChI is InChI=1S/C33H62O4Si3.C2H6/c1-31(2,3)38(10,11)35-22-21-28-29(36-39(12,13)32(4,5)6)23-27(34-25-26-19-17-16-18-20-26)24-30(28)37-40(14,15)33(7,8)9;1-2/h16-21,27,29-30H,22-25H2,1-15H3;1-2H3/t27?,29-,30?;/m1./s1. The third-order valence-electron chi connectivity index (χ3n) is 10.1. The second-order valence-electron chi connectivity index (χ2n) is 16.4. The number of rotatable bonds is 10. The van der Waals surface area contributed by atoms with E-state index in [0.29, 0.717) is 13.2 Å². The zero-order chi connectivity index (χ0) is 32.8. The van der Waals surface area contributed by atoms with Crippen LogP contribution < -0.4 is 0 Å². The van der Waals surface area contributed by atoms with Gasteiger partial charge in [0, 0.05) is 12.8 Å². The van der Waals surface area contributed by atoms with Gasteiger partial charge in [-0.15, -0.1) is 0 Å². The van der Waals surface area contributed by atoms with Crippen LogP contribution in [0.5, 0.6) is 0 Å². The van der Waals surface area contributed by atoms with Crippen LogP contribution in [0.25, 0.3) is 0 Å². The maximum absolute atomic E-state index is 7.20. The molecule has 1 aromatic rings. The molecule has 0 amide bonds. The van der Waals surface area contributed by atoms with E-state index in [2.05, 4.69) is 138 Å². The third-order valence-corrected chi connectivity index (χ3v) is 23.6. The third kappa shape index (κ3) is 11.1. The molecule has 244 valence electrons. The summed E-state index contributed by atoms with van der Waals surface area (Å²) in [4.78, 5) is 0. The van der Waals surface area contributed by atoms with Gasteiger partial charge in [-0.25, -0.2) is 0 Å². The minimum Gasteiger partial charge on any atom is -0.413 e. The number of hydrogen-bond donors (Lipinski definition) is 0. The molecule has 0 bridgehead atoms. The first-order valence-corrected chi connectivity index (χ1v) is 25.0. The van der Waals surface area contributed by atoms with Gasteiger partial charge in [-0.2, -0.15) is 0 Å².